The molecular formula is C26H36N8O2. The van der Waals surface area contributed by atoms with Crippen molar-refractivity contribution in [3.05, 3.63) is 53.3 Å². The van der Waals surface area contributed by atoms with Gasteiger partial charge in [-0.3, -0.25) is 4.79 Å². The van der Waals surface area contributed by atoms with Crippen LogP contribution in [0.4, 0.5) is 0 Å². The molecule has 192 valence electrons. The van der Waals surface area contributed by atoms with Crippen LogP contribution >= 0.6 is 0 Å². The van der Waals surface area contributed by atoms with Gasteiger partial charge in [0.15, 0.2) is 0 Å². The van der Waals surface area contributed by atoms with Gasteiger partial charge < -0.3 is 21.1 Å². The first-order valence-electron chi connectivity index (χ1n) is 12.7. The number of carbonyl (C=O) groups excluding carboxylic acids is 1. The van der Waals surface area contributed by atoms with E-state index in [0.717, 1.165) is 74.3 Å². The number of hydrogen-bond donors (Lipinski definition) is 3. The number of ether oxygens (including phenoxy) is 1. The Hall–Kier alpha value is -3.37. The minimum Gasteiger partial charge on any atom is -0.497 e. The van der Waals surface area contributed by atoms with Gasteiger partial charge in [-0.05, 0) is 93.1 Å². The van der Waals surface area contributed by atoms with E-state index in [-0.39, 0.29) is 5.91 Å². The van der Waals surface area contributed by atoms with E-state index < -0.39 is 0 Å². The highest BCUT2D eigenvalue weighted by Crippen LogP contribution is 2.26. The number of aromatic nitrogens is 5. The summed E-state index contributed by atoms with van der Waals surface area (Å²) in [5.74, 6) is 1.53. The number of methoxy groups -OCH3 is 1. The number of nitrogens with two attached hydrogens (primary N) is 1. The maximum absolute atomic E-state index is 12.8. The maximum Gasteiger partial charge on any atom is 0.270 e. The van der Waals surface area contributed by atoms with Gasteiger partial charge in [-0.2, -0.15) is 4.80 Å². The summed E-state index contributed by atoms with van der Waals surface area (Å²) in [6.07, 6.45) is 5.63. The fourth-order valence-electron chi connectivity index (χ4n) is 4.59. The molecule has 2 heterocycles. The van der Waals surface area contributed by atoms with Crippen molar-refractivity contribution in [2.75, 3.05) is 20.2 Å². The molecule has 10 heteroatoms. The Morgan fingerprint density at radius 2 is 2.03 bits per heavy atom. The van der Waals surface area contributed by atoms with E-state index in [2.05, 4.69) is 31.0 Å². The van der Waals surface area contributed by atoms with Crippen molar-refractivity contribution >= 4 is 5.91 Å². The van der Waals surface area contributed by atoms with Crippen LogP contribution in [0.25, 0.3) is 11.4 Å². The fourth-order valence-corrected chi connectivity index (χ4v) is 4.59. The fraction of sp³-hybridized carbons (Fsp3) is 0.500. The SMILES string of the molecule is COc1cccc(CNC(=O)c2cc(-c3nnn(C[C@H]4CC[C@H](NCCCN)CC4)n3)cc(C)n2)c1. The predicted molar refractivity (Wildman–Crippen MR) is 137 cm³/mol. The van der Waals surface area contributed by atoms with Crippen LogP contribution in [0.1, 0.15) is 53.8 Å². The van der Waals surface area contributed by atoms with Gasteiger partial charge in [-0.15, -0.1) is 10.2 Å². The lowest BCUT2D eigenvalue weighted by molar-refractivity contribution is 0.0945. The number of carbonyl (C=O) groups is 1. The summed E-state index contributed by atoms with van der Waals surface area (Å²) in [5, 5.41) is 19.7. The molecule has 1 amide bonds. The lowest BCUT2D eigenvalue weighted by Crippen LogP contribution is -2.35. The average molecular weight is 493 g/mol. The van der Waals surface area contributed by atoms with E-state index in [1.807, 2.05) is 37.3 Å². The number of tetrazole rings is 1. The molecule has 10 nitrogen and oxygen atoms in total. The summed E-state index contributed by atoms with van der Waals surface area (Å²) >= 11 is 0. The van der Waals surface area contributed by atoms with Crippen LogP contribution in [0.15, 0.2) is 36.4 Å². The lowest BCUT2D eigenvalue weighted by atomic mass is 9.86. The highest BCUT2D eigenvalue weighted by atomic mass is 16.5. The predicted octanol–water partition coefficient (Wildman–Crippen LogP) is 2.48. The summed E-state index contributed by atoms with van der Waals surface area (Å²) in [6.45, 7) is 4.70. The second-order valence-electron chi connectivity index (χ2n) is 9.40. The van der Waals surface area contributed by atoms with Gasteiger partial charge in [-0.1, -0.05) is 12.1 Å². The van der Waals surface area contributed by atoms with Gasteiger partial charge in [0.05, 0.1) is 13.7 Å². The standard InChI is InChI=1S/C26H36N8O2/c1-18-13-21(15-24(30-18)26(35)29-16-20-5-3-6-23(14-20)36-2)25-31-33-34(32-25)17-19-7-9-22(10-8-19)28-12-4-11-27/h3,5-6,13-15,19,22,28H,4,7-12,16-17,27H2,1-2H3,(H,29,35)/t19-,22-. The van der Waals surface area contributed by atoms with Crippen LogP contribution in [0.2, 0.25) is 0 Å². The largest absolute Gasteiger partial charge is 0.497 e. The molecule has 1 aromatic carbocycles. The first-order valence-corrected chi connectivity index (χ1v) is 12.7. The molecule has 0 spiro atoms. The van der Waals surface area contributed by atoms with Crippen LogP contribution in [0, 0.1) is 12.8 Å². The summed E-state index contributed by atoms with van der Waals surface area (Å²) in [6, 6.07) is 11.8. The number of benzene rings is 1. The van der Waals surface area contributed by atoms with Crippen molar-refractivity contribution in [3.63, 3.8) is 0 Å². The molecular weight excluding hydrogens is 456 g/mol. The van der Waals surface area contributed by atoms with Crippen LogP contribution in [0.5, 0.6) is 5.75 Å². The van der Waals surface area contributed by atoms with E-state index in [4.69, 9.17) is 10.5 Å². The molecule has 0 saturated heterocycles. The molecule has 1 saturated carbocycles. The summed E-state index contributed by atoms with van der Waals surface area (Å²) in [4.78, 5) is 18.9. The van der Waals surface area contributed by atoms with Gasteiger partial charge in [0.2, 0.25) is 5.82 Å². The van der Waals surface area contributed by atoms with Crippen LogP contribution in [-0.4, -0.2) is 57.3 Å². The highest BCUT2D eigenvalue weighted by molar-refractivity contribution is 5.93. The first-order chi connectivity index (χ1) is 17.5. The summed E-state index contributed by atoms with van der Waals surface area (Å²) in [7, 11) is 1.62. The Labute approximate surface area is 212 Å². The third-order valence-electron chi connectivity index (χ3n) is 6.57. The molecule has 36 heavy (non-hydrogen) atoms. The third kappa shape index (κ3) is 7.08. The number of amides is 1. The minimum absolute atomic E-state index is 0.257. The monoisotopic (exact) mass is 492 g/mol. The molecule has 0 bridgehead atoms. The average Bonchev–Trinajstić information content (AvgIpc) is 3.37. The second kappa shape index (κ2) is 12.5. The van der Waals surface area contributed by atoms with E-state index in [9.17, 15) is 4.79 Å². The Balaban J connectivity index is 1.34. The van der Waals surface area contributed by atoms with Crippen LogP contribution in [-0.2, 0) is 13.1 Å². The number of nitrogens with one attached hydrogen (secondary N) is 2. The van der Waals surface area contributed by atoms with E-state index in [1.165, 1.54) is 0 Å². The Kier molecular flexibility index (Phi) is 8.96. The molecule has 0 atom stereocenters. The van der Waals surface area contributed by atoms with E-state index >= 15 is 0 Å². The quantitative estimate of drug-likeness (QED) is 0.348. The Morgan fingerprint density at radius 1 is 1.19 bits per heavy atom. The molecule has 0 unspecified atom stereocenters. The molecule has 4 N–H and O–H groups in total. The van der Waals surface area contributed by atoms with Gasteiger partial charge >= 0.3 is 0 Å². The van der Waals surface area contributed by atoms with Crippen molar-refractivity contribution in [2.45, 2.75) is 58.2 Å². The number of hydrogen-bond acceptors (Lipinski definition) is 8. The third-order valence-corrected chi connectivity index (χ3v) is 6.57. The molecule has 3 aromatic rings. The summed E-state index contributed by atoms with van der Waals surface area (Å²) in [5.41, 5.74) is 8.30. The molecule has 1 aliphatic carbocycles. The van der Waals surface area contributed by atoms with Crippen molar-refractivity contribution in [1.29, 1.82) is 0 Å². The van der Waals surface area contributed by atoms with E-state index in [1.54, 1.807) is 18.0 Å². The molecule has 0 radical (unpaired) electrons. The maximum atomic E-state index is 12.8. The minimum atomic E-state index is -0.257. The zero-order valence-electron chi connectivity index (χ0n) is 21.1. The van der Waals surface area contributed by atoms with Crippen molar-refractivity contribution in [3.8, 4) is 17.1 Å². The normalized spacial score (nSPS) is 17.6. The Bertz CT molecular complexity index is 1140. The zero-order chi connectivity index (χ0) is 25.3. The zero-order valence-corrected chi connectivity index (χ0v) is 21.1. The van der Waals surface area contributed by atoms with Crippen LogP contribution in [0.3, 0.4) is 0 Å². The van der Waals surface area contributed by atoms with Crippen LogP contribution < -0.4 is 21.1 Å². The lowest BCUT2D eigenvalue weighted by Gasteiger charge is -2.28. The second-order valence-corrected chi connectivity index (χ2v) is 9.40. The smallest absolute Gasteiger partial charge is 0.270 e. The van der Waals surface area contributed by atoms with Gasteiger partial charge in [0.1, 0.15) is 11.4 Å². The Morgan fingerprint density at radius 3 is 2.81 bits per heavy atom. The van der Waals surface area contributed by atoms with Gasteiger partial charge in [-0.25, -0.2) is 4.98 Å². The molecule has 1 aliphatic rings. The number of nitrogens with zero attached hydrogens (tertiary/aromatic N) is 5. The molecule has 1 fully saturated rings. The molecule has 0 aliphatic heterocycles. The van der Waals surface area contributed by atoms with E-state index in [0.29, 0.717) is 30.0 Å². The molecule has 4 rings (SSSR count). The topological polar surface area (TPSA) is 133 Å². The first kappa shape index (κ1) is 25.7. The van der Waals surface area contributed by atoms with Crippen molar-refractivity contribution < 1.29 is 9.53 Å². The number of aryl methyl sites for hydroxylation is 1. The number of rotatable bonds is 11. The van der Waals surface area contributed by atoms with Gasteiger partial charge in [0, 0.05) is 23.8 Å². The molecule has 2 aromatic heterocycles. The highest BCUT2D eigenvalue weighted by Gasteiger charge is 2.22. The van der Waals surface area contributed by atoms with Crippen molar-refractivity contribution in [2.24, 2.45) is 11.7 Å². The number of pyridine rings is 1. The summed E-state index contributed by atoms with van der Waals surface area (Å²) < 4.78 is 5.25. The van der Waals surface area contributed by atoms with Crippen molar-refractivity contribution in [1.82, 2.24) is 35.8 Å². The van der Waals surface area contributed by atoms with Gasteiger partial charge in [0.25, 0.3) is 5.91 Å².